The molecular formula is C23H22FN5O2. The van der Waals surface area contributed by atoms with Crippen LogP contribution in [-0.4, -0.2) is 25.8 Å². The van der Waals surface area contributed by atoms with E-state index in [4.69, 9.17) is 4.52 Å². The van der Waals surface area contributed by atoms with Crippen LogP contribution in [0.1, 0.15) is 64.7 Å². The van der Waals surface area contributed by atoms with E-state index in [1.165, 1.54) is 12.1 Å². The Kier molecular flexibility index (Phi) is 4.57. The molecule has 5 rings (SSSR count). The molecule has 1 amide bonds. The summed E-state index contributed by atoms with van der Waals surface area (Å²) < 4.78 is 20.3. The second-order valence-corrected chi connectivity index (χ2v) is 8.09. The van der Waals surface area contributed by atoms with E-state index in [0.717, 1.165) is 35.5 Å². The molecule has 0 spiro atoms. The van der Waals surface area contributed by atoms with Crippen LogP contribution in [0, 0.1) is 19.7 Å². The van der Waals surface area contributed by atoms with Crippen molar-refractivity contribution in [3.63, 3.8) is 0 Å². The molecule has 158 valence electrons. The van der Waals surface area contributed by atoms with Crippen molar-refractivity contribution in [1.82, 2.24) is 25.2 Å². The fraction of sp³-hybridized carbons (Fsp3) is 0.304. The third-order valence-electron chi connectivity index (χ3n) is 5.81. The number of nitrogens with one attached hydrogen (secondary N) is 1. The summed E-state index contributed by atoms with van der Waals surface area (Å²) in [5.41, 5.74) is 4.96. The molecule has 31 heavy (non-hydrogen) atoms. The largest absolute Gasteiger partial charge is 0.345 e. The lowest BCUT2D eigenvalue weighted by atomic mass is 10.1. The van der Waals surface area contributed by atoms with Crippen molar-refractivity contribution < 1.29 is 13.7 Å². The Labute approximate surface area is 178 Å². The third kappa shape index (κ3) is 3.48. The fourth-order valence-electron chi connectivity index (χ4n) is 3.92. The number of hydrogen-bond acceptors (Lipinski definition) is 5. The summed E-state index contributed by atoms with van der Waals surface area (Å²) in [7, 11) is 0. The van der Waals surface area contributed by atoms with Gasteiger partial charge in [0.2, 0.25) is 0 Å². The Hall–Kier alpha value is -3.55. The molecule has 0 radical (unpaired) electrons. The lowest BCUT2D eigenvalue weighted by Crippen LogP contribution is -2.27. The molecule has 1 aliphatic carbocycles. The van der Waals surface area contributed by atoms with Gasteiger partial charge in [-0.05, 0) is 63.9 Å². The number of pyridine rings is 1. The van der Waals surface area contributed by atoms with Gasteiger partial charge in [0.15, 0.2) is 0 Å². The highest BCUT2D eigenvalue weighted by atomic mass is 19.1. The first-order chi connectivity index (χ1) is 14.9. The van der Waals surface area contributed by atoms with Crippen molar-refractivity contribution in [1.29, 1.82) is 0 Å². The van der Waals surface area contributed by atoms with Gasteiger partial charge in [-0.2, -0.15) is 5.10 Å². The predicted octanol–water partition coefficient (Wildman–Crippen LogP) is 4.53. The van der Waals surface area contributed by atoms with Gasteiger partial charge < -0.3 is 9.84 Å². The number of carbonyl (C=O) groups is 1. The van der Waals surface area contributed by atoms with Gasteiger partial charge in [-0.15, -0.1) is 0 Å². The lowest BCUT2D eigenvalue weighted by molar-refractivity contribution is 0.0941. The summed E-state index contributed by atoms with van der Waals surface area (Å²) in [6, 6.07) is 7.72. The van der Waals surface area contributed by atoms with Gasteiger partial charge in [0, 0.05) is 22.9 Å². The Morgan fingerprint density at radius 3 is 2.71 bits per heavy atom. The van der Waals surface area contributed by atoms with Crippen molar-refractivity contribution in [2.75, 3.05) is 0 Å². The second kappa shape index (κ2) is 7.30. The standard InChI is InChI=1S/C23H22FN5O2/c1-12(19-11-25-29(14(19)3)17-8-6-16(24)7-9-17)26-22(30)18-10-20(15-4-5-15)27-23-21(18)13(2)28-31-23/h6-12,15H,4-5H2,1-3H3,(H,26,30). The molecule has 1 unspecified atom stereocenters. The van der Waals surface area contributed by atoms with Crippen LogP contribution < -0.4 is 5.32 Å². The highest BCUT2D eigenvalue weighted by Crippen LogP contribution is 2.40. The second-order valence-electron chi connectivity index (χ2n) is 8.09. The van der Waals surface area contributed by atoms with Gasteiger partial charge in [-0.1, -0.05) is 5.16 Å². The molecule has 1 aliphatic rings. The molecule has 1 N–H and O–H groups in total. The van der Waals surface area contributed by atoms with Gasteiger partial charge in [-0.25, -0.2) is 14.1 Å². The third-order valence-corrected chi connectivity index (χ3v) is 5.81. The van der Waals surface area contributed by atoms with Crippen LogP contribution in [0.15, 0.2) is 41.1 Å². The Morgan fingerprint density at radius 2 is 2.00 bits per heavy atom. The van der Waals surface area contributed by atoms with Crippen LogP contribution in [0.5, 0.6) is 0 Å². The van der Waals surface area contributed by atoms with E-state index < -0.39 is 0 Å². The number of rotatable bonds is 5. The number of halogens is 1. The summed E-state index contributed by atoms with van der Waals surface area (Å²) in [5.74, 6) is -0.121. The molecule has 0 aliphatic heterocycles. The molecule has 1 saturated carbocycles. The minimum Gasteiger partial charge on any atom is -0.345 e. The SMILES string of the molecule is Cc1noc2nc(C3CC3)cc(C(=O)NC(C)c3cnn(-c4ccc(F)cc4)c3C)c12. The number of aromatic nitrogens is 4. The average molecular weight is 419 g/mol. The van der Waals surface area contributed by atoms with Gasteiger partial charge in [0.1, 0.15) is 5.82 Å². The van der Waals surface area contributed by atoms with Crippen molar-refractivity contribution >= 4 is 17.0 Å². The van der Waals surface area contributed by atoms with Crippen LogP contribution in [0.4, 0.5) is 4.39 Å². The normalized spacial score (nSPS) is 14.7. The molecule has 0 saturated heterocycles. The number of hydrogen-bond donors (Lipinski definition) is 1. The van der Waals surface area contributed by atoms with E-state index in [-0.39, 0.29) is 17.8 Å². The summed E-state index contributed by atoms with van der Waals surface area (Å²) >= 11 is 0. The van der Waals surface area contributed by atoms with Gasteiger partial charge in [0.25, 0.3) is 11.6 Å². The van der Waals surface area contributed by atoms with E-state index in [9.17, 15) is 9.18 Å². The summed E-state index contributed by atoms with van der Waals surface area (Å²) in [5, 5.41) is 12.1. The van der Waals surface area contributed by atoms with Gasteiger partial charge in [-0.3, -0.25) is 4.79 Å². The molecule has 8 heteroatoms. The average Bonchev–Trinajstić information content (AvgIpc) is 3.44. The fourth-order valence-corrected chi connectivity index (χ4v) is 3.92. The van der Waals surface area contributed by atoms with Crippen LogP contribution in [0.3, 0.4) is 0 Å². The molecule has 1 aromatic carbocycles. The molecule has 0 bridgehead atoms. The minimum atomic E-state index is -0.298. The minimum absolute atomic E-state index is 0.206. The number of fused-ring (bicyclic) bond motifs is 1. The van der Waals surface area contributed by atoms with Crippen molar-refractivity contribution in [3.05, 3.63) is 70.6 Å². The number of nitrogens with zero attached hydrogens (tertiary/aromatic N) is 4. The van der Waals surface area contributed by atoms with E-state index in [1.807, 2.05) is 19.9 Å². The van der Waals surface area contributed by atoms with Crippen LogP contribution in [0.25, 0.3) is 16.8 Å². The lowest BCUT2D eigenvalue weighted by Gasteiger charge is -2.15. The van der Waals surface area contributed by atoms with Crippen LogP contribution in [0.2, 0.25) is 0 Å². The molecular weight excluding hydrogens is 397 g/mol. The van der Waals surface area contributed by atoms with Crippen LogP contribution >= 0.6 is 0 Å². The number of aryl methyl sites for hydroxylation is 1. The molecule has 3 heterocycles. The maximum Gasteiger partial charge on any atom is 0.259 e. The number of benzene rings is 1. The van der Waals surface area contributed by atoms with Crippen molar-refractivity contribution in [2.24, 2.45) is 0 Å². The van der Waals surface area contributed by atoms with Gasteiger partial charge in [0.05, 0.1) is 34.6 Å². The van der Waals surface area contributed by atoms with Crippen molar-refractivity contribution in [2.45, 2.75) is 45.6 Å². The zero-order chi connectivity index (χ0) is 21.7. The van der Waals surface area contributed by atoms with E-state index in [0.29, 0.717) is 28.3 Å². The number of carbonyl (C=O) groups excluding carboxylic acids is 1. The van der Waals surface area contributed by atoms with E-state index in [2.05, 4.69) is 20.6 Å². The Morgan fingerprint density at radius 1 is 1.26 bits per heavy atom. The first-order valence-corrected chi connectivity index (χ1v) is 10.3. The van der Waals surface area contributed by atoms with Crippen molar-refractivity contribution in [3.8, 4) is 5.69 Å². The Balaban J connectivity index is 1.44. The quantitative estimate of drug-likeness (QED) is 0.514. The zero-order valence-electron chi connectivity index (χ0n) is 17.5. The molecule has 1 atom stereocenters. The highest BCUT2D eigenvalue weighted by Gasteiger charge is 2.29. The van der Waals surface area contributed by atoms with E-state index in [1.54, 1.807) is 29.9 Å². The summed E-state index contributed by atoms with van der Waals surface area (Å²) in [4.78, 5) is 17.8. The smallest absolute Gasteiger partial charge is 0.259 e. The Bertz CT molecular complexity index is 1290. The van der Waals surface area contributed by atoms with E-state index >= 15 is 0 Å². The maximum atomic E-state index is 13.2. The van der Waals surface area contributed by atoms with Crippen LogP contribution in [-0.2, 0) is 0 Å². The monoisotopic (exact) mass is 419 g/mol. The number of amides is 1. The first-order valence-electron chi connectivity index (χ1n) is 10.3. The predicted molar refractivity (Wildman–Crippen MR) is 113 cm³/mol. The molecule has 3 aromatic heterocycles. The molecule has 4 aromatic rings. The molecule has 1 fully saturated rings. The summed E-state index contributed by atoms with van der Waals surface area (Å²) in [6.45, 7) is 5.65. The summed E-state index contributed by atoms with van der Waals surface area (Å²) in [6.07, 6.45) is 3.88. The zero-order valence-corrected chi connectivity index (χ0v) is 17.5. The highest BCUT2D eigenvalue weighted by molar-refractivity contribution is 6.06. The molecule has 7 nitrogen and oxygen atoms in total. The van der Waals surface area contributed by atoms with Gasteiger partial charge >= 0.3 is 0 Å². The first kappa shape index (κ1) is 19.4. The topological polar surface area (TPSA) is 85.8 Å². The maximum absolute atomic E-state index is 13.2.